The van der Waals surface area contributed by atoms with E-state index in [1.807, 2.05) is 13.0 Å². The molecule has 0 aliphatic carbocycles. The van der Waals surface area contributed by atoms with Crippen LogP contribution in [0.5, 0.6) is 6.01 Å². The first-order valence-electron chi connectivity index (χ1n) is 14.7. The molecule has 3 aliphatic heterocycles. The number of likely N-dealkylation sites (N-methyl/N-ethyl adjacent to an activating group) is 1. The van der Waals surface area contributed by atoms with Crippen molar-refractivity contribution in [3.63, 3.8) is 0 Å². The summed E-state index contributed by atoms with van der Waals surface area (Å²) in [5.74, 6) is 0.951. The Labute approximate surface area is 242 Å². The van der Waals surface area contributed by atoms with E-state index in [2.05, 4.69) is 81.4 Å². The Balaban J connectivity index is 1.31. The number of allylic oxidation sites excluding steroid dienone is 1. The second kappa shape index (κ2) is 12.3. The summed E-state index contributed by atoms with van der Waals surface area (Å²) in [6.45, 7) is 8.91. The van der Waals surface area contributed by atoms with Gasteiger partial charge in [-0.1, -0.05) is 42.5 Å². The summed E-state index contributed by atoms with van der Waals surface area (Å²) in [5, 5.41) is 12.0. The number of morpholine rings is 1. The molecule has 9 heteroatoms. The maximum atomic E-state index is 9.54. The molecule has 2 saturated heterocycles. The Bertz CT molecular complexity index is 1430. The van der Waals surface area contributed by atoms with Gasteiger partial charge in [-0.3, -0.25) is 0 Å². The van der Waals surface area contributed by atoms with Gasteiger partial charge in [0, 0.05) is 55.9 Å². The van der Waals surface area contributed by atoms with Gasteiger partial charge in [-0.25, -0.2) is 0 Å². The first-order valence-corrected chi connectivity index (χ1v) is 14.7. The molecule has 2 fully saturated rings. The predicted octanol–water partition coefficient (Wildman–Crippen LogP) is 3.84. The number of hydrogen-bond acceptors (Lipinski definition) is 9. The van der Waals surface area contributed by atoms with E-state index >= 15 is 0 Å². The van der Waals surface area contributed by atoms with E-state index in [1.165, 1.54) is 22.0 Å². The summed E-state index contributed by atoms with van der Waals surface area (Å²) in [6.07, 6.45) is 5.47. The number of hydrogen-bond donors (Lipinski definition) is 0. The molecule has 3 aromatic rings. The van der Waals surface area contributed by atoms with Crippen molar-refractivity contribution in [3.05, 3.63) is 66.0 Å². The lowest BCUT2D eigenvalue weighted by Crippen LogP contribution is -2.51. The Hall–Kier alpha value is -3.87. The number of aromatic nitrogens is 2. The molecule has 0 bridgehead atoms. The molecule has 3 aliphatic rings. The zero-order valence-corrected chi connectivity index (χ0v) is 24.1. The van der Waals surface area contributed by atoms with E-state index in [0.29, 0.717) is 32.2 Å². The van der Waals surface area contributed by atoms with E-state index in [1.54, 1.807) is 0 Å². The van der Waals surface area contributed by atoms with Crippen molar-refractivity contribution in [1.82, 2.24) is 19.8 Å². The molecule has 214 valence electrons. The monoisotopic (exact) mass is 553 g/mol. The number of piperazine rings is 1. The minimum atomic E-state index is -0.00611. The quantitative estimate of drug-likeness (QED) is 0.434. The summed E-state index contributed by atoms with van der Waals surface area (Å²) < 4.78 is 12.2. The lowest BCUT2D eigenvalue weighted by atomic mass is 10.0. The topological polar surface area (TPSA) is 81.0 Å². The second-order valence-electron chi connectivity index (χ2n) is 11.2. The van der Waals surface area contributed by atoms with Crippen LogP contribution in [0.2, 0.25) is 0 Å². The van der Waals surface area contributed by atoms with Gasteiger partial charge >= 0.3 is 6.01 Å². The fourth-order valence-electron chi connectivity index (χ4n) is 6.28. The molecular weight excluding hydrogens is 514 g/mol. The molecule has 41 heavy (non-hydrogen) atoms. The Morgan fingerprint density at radius 2 is 1.93 bits per heavy atom. The van der Waals surface area contributed by atoms with Crippen molar-refractivity contribution >= 4 is 22.3 Å². The van der Waals surface area contributed by atoms with Crippen LogP contribution >= 0.6 is 0 Å². The molecule has 2 atom stereocenters. The van der Waals surface area contributed by atoms with Gasteiger partial charge in [0.05, 0.1) is 37.4 Å². The third-order valence-electron chi connectivity index (χ3n) is 8.37. The summed E-state index contributed by atoms with van der Waals surface area (Å²) in [7, 11) is 2.11. The highest BCUT2D eigenvalue weighted by Gasteiger charge is 2.31. The Morgan fingerprint density at radius 1 is 1.05 bits per heavy atom. The third kappa shape index (κ3) is 5.95. The molecule has 0 amide bonds. The highest BCUT2D eigenvalue weighted by molar-refractivity contribution is 5.94. The molecule has 9 nitrogen and oxygen atoms in total. The highest BCUT2D eigenvalue weighted by Crippen LogP contribution is 2.34. The van der Waals surface area contributed by atoms with Crippen LogP contribution in [0.3, 0.4) is 0 Å². The minimum absolute atomic E-state index is 0.00611. The fourth-order valence-corrected chi connectivity index (χ4v) is 6.28. The molecule has 1 aromatic heterocycles. The predicted molar refractivity (Wildman–Crippen MR) is 161 cm³/mol. The normalized spacial score (nSPS) is 21.7. The van der Waals surface area contributed by atoms with Crippen molar-refractivity contribution in [3.8, 4) is 12.1 Å². The van der Waals surface area contributed by atoms with Crippen molar-refractivity contribution in [1.29, 1.82) is 5.26 Å². The number of anilines is 2. The highest BCUT2D eigenvalue weighted by atomic mass is 16.5. The number of fused-ring (bicyclic) bond motifs is 2. The van der Waals surface area contributed by atoms with E-state index in [-0.39, 0.29) is 12.1 Å². The van der Waals surface area contributed by atoms with E-state index in [4.69, 9.17) is 19.4 Å². The van der Waals surface area contributed by atoms with Gasteiger partial charge in [0.1, 0.15) is 18.5 Å². The van der Waals surface area contributed by atoms with E-state index in [9.17, 15) is 5.26 Å². The second-order valence-corrected chi connectivity index (χ2v) is 11.2. The molecule has 4 heterocycles. The maximum Gasteiger partial charge on any atom is 0.318 e. The number of nitriles is 1. The van der Waals surface area contributed by atoms with Crippen LogP contribution in [0, 0.1) is 11.3 Å². The van der Waals surface area contributed by atoms with Gasteiger partial charge < -0.3 is 29.1 Å². The molecule has 2 unspecified atom stereocenters. The number of nitrogens with zero attached hydrogens (tertiary/aromatic N) is 7. The van der Waals surface area contributed by atoms with Crippen molar-refractivity contribution in [2.24, 2.45) is 0 Å². The van der Waals surface area contributed by atoms with E-state index < -0.39 is 0 Å². The van der Waals surface area contributed by atoms with Crippen LogP contribution < -0.4 is 14.5 Å². The van der Waals surface area contributed by atoms with Gasteiger partial charge in [0.15, 0.2) is 0 Å². The average Bonchev–Trinajstić information content (AvgIpc) is 3.00. The molecule has 0 radical (unpaired) electrons. The van der Waals surface area contributed by atoms with Crippen molar-refractivity contribution in [2.75, 3.05) is 69.3 Å². The molecule has 6 rings (SSSR count). The Morgan fingerprint density at radius 3 is 2.78 bits per heavy atom. The zero-order valence-electron chi connectivity index (χ0n) is 24.1. The van der Waals surface area contributed by atoms with Crippen molar-refractivity contribution < 1.29 is 9.47 Å². The molecule has 0 N–H and O–H groups in total. The SMILES string of the molecule is CC=CN1CCN(c2nc(OCC3CN(C)CCO3)nc3c2CCN(c2cccc4ccccc24)C3)CC1CC#N. The molecular formula is C32H39N7O2. The summed E-state index contributed by atoms with van der Waals surface area (Å²) in [6, 6.07) is 18.0. The van der Waals surface area contributed by atoms with Crippen molar-refractivity contribution in [2.45, 2.75) is 38.5 Å². The first kappa shape index (κ1) is 27.3. The average molecular weight is 554 g/mol. The number of benzene rings is 2. The standard InChI is InChI=1S/C32H39N7O2/c1-3-14-37-16-17-39(20-25(37)11-13-33)31-28-12-15-38(30-10-6-8-24-7-4-5-9-27(24)30)22-29(28)34-32(35-31)41-23-26-21-36(2)18-19-40-26/h3-10,14,25-26H,11-12,15-23H2,1-2H3. The number of rotatable bonds is 7. The minimum Gasteiger partial charge on any atom is -0.461 e. The third-order valence-corrected chi connectivity index (χ3v) is 8.37. The summed E-state index contributed by atoms with van der Waals surface area (Å²) in [5.41, 5.74) is 3.43. The van der Waals surface area contributed by atoms with E-state index in [0.717, 1.165) is 57.2 Å². The smallest absolute Gasteiger partial charge is 0.318 e. The van der Waals surface area contributed by atoms with Gasteiger partial charge in [0.2, 0.25) is 0 Å². The fraction of sp³-hybridized carbons (Fsp3) is 0.469. The largest absolute Gasteiger partial charge is 0.461 e. The summed E-state index contributed by atoms with van der Waals surface area (Å²) >= 11 is 0. The maximum absolute atomic E-state index is 9.54. The zero-order chi connectivity index (χ0) is 28.2. The van der Waals surface area contributed by atoms with Crippen LogP contribution in [-0.4, -0.2) is 91.4 Å². The van der Waals surface area contributed by atoms with Crippen LogP contribution in [0.1, 0.15) is 24.6 Å². The Kier molecular flexibility index (Phi) is 8.21. The van der Waals surface area contributed by atoms with Gasteiger partial charge in [0.25, 0.3) is 0 Å². The van der Waals surface area contributed by atoms with Gasteiger partial charge in [-0.15, -0.1) is 0 Å². The van der Waals surface area contributed by atoms with Crippen LogP contribution in [0.4, 0.5) is 11.5 Å². The first-order chi connectivity index (χ1) is 20.1. The van der Waals surface area contributed by atoms with Crippen LogP contribution in [0.25, 0.3) is 10.8 Å². The number of ether oxygens (including phenoxy) is 2. The van der Waals surface area contributed by atoms with Gasteiger partial charge in [-0.05, 0) is 38.0 Å². The molecule has 2 aromatic carbocycles. The summed E-state index contributed by atoms with van der Waals surface area (Å²) in [4.78, 5) is 19.3. The van der Waals surface area contributed by atoms with Gasteiger partial charge in [-0.2, -0.15) is 15.2 Å². The molecule has 0 spiro atoms. The lowest BCUT2D eigenvalue weighted by molar-refractivity contribution is -0.0417. The van der Waals surface area contributed by atoms with Crippen LogP contribution in [-0.2, 0) is 17.7 Å². The molecule has 0 saturated carbocycles. The lowest BCUT2D eigenvalue weighted by Gasteiger charge is -2.42. The van der Waals surface area contributed by atoms with Crippen LogP contribution in [0.15, 0.2) is 54.7 Å².